The van der Waals surface area contributed by atoms with Crippen LogP contribution in [0.5, 0.6) is 0 Å². The van der Waals surface area contributed by atoms with Crippen molar-refractivity contribution in [2.75, 3.05) is 6.54 Å². The van der Waals surface area contributed by atoms with Crippen molar-refractivity contribution in [3.63, 3.8) is 0 Å². The quantitative estimate of drug-likeness (QED) is 0.663. The van der Waals surface area contributed by atoms with Gasteiger partial charge in [-0.2, -0.15) is 0 Å². The van der Waals surface area contributed by atoms with Gasteiger partial charge in [0.15, 0.2) is 0 Å². The average Bonchev–Trinajstić information content (AvgIpc) is 1.82. The van der Waals surface area contributed by atoms with E-state index >= 15 is 0 Å². The zero-order valence-corrected chi connectivity index (χ0v) is 7.08. The summed E-state index contributed by atoms with van der Waals surface area (Å²) in [7, 11) is 0. The molecule has 1 fully saturated rings. The third kappa shape index (κ3) is 1.93. The molecule has 3 heteroatoms. The largest absolute Gasteiger partial charge is 0.481 e. The first kappa shape index (κ1) is 8.53. The molecule has 1 saturated heterocycles. The number of aliphatic carboxylic acids is 1. The Bertz CT molecular complexity index is 158. The highest BCUT2D eigenvalue weighted by molar-refractivity contribution is 5.67. The summed E-state index contributed by atoms with van der Waals surface area (Å²) in [5, 5.41) is 8.51. The molecule has 1 aliphatic rings. The van der Waals surface area contributed by atoms with Gasteiger partial charge in [-0.25, -0.2) is 0 Å². The smallest absolute Gasteiger partial charge is 0.304 e. The molecule has 1 rings (SSSR count). The molecule has 2 atom stereocenters. The Kier molecular flexibility index (Phi) is 2.49. The van der Waals surface area contributed by atoms with E-state index < -0.39 is 5.97 Å². The topological polar surface area (TPSA) is 40.5 Å². The molecule has 1 heterocycles. The third-order valence-electron chi connectivity index (χ3n) is 2.41. The van der Waals surface area contributed by atoms with Gasteiger partial charge in [0.1, 0.15) is 0 Å². The van der Waals surface area contributed by atoms with E-state index in [0.717, 1.165) is 6.54 Å². The second-order valence-corrected chi connectivity index (χ2v) is 3.32. The number of carboxylic acid groups (broad SMARTS) is 1. The van der Waals surface area contributed by atoms with Crippen molar-refractivity contribution in [2.45, 2.75) is 38.8 Å². The van der Waals surface area contributed by atoms with Crippen molar-refractivity contribution in [2.24, 2.45) is 0 Å². The molecule has 0 spiro atoms. The van der Waals surface area contributed by atoms with Crippen LogP contribution in [-0.4, -0.2) is 34.6 Å². The predicted molar refractivity (Wildman–Crippen MR) is 42.5 cm³/mol. The highest BCUT2D eigenvalue weighted by Gasteiger charge is 2.28. The fourth-order valence-corrected chi connectivity index (χ4v) is 1.56. The fourth-order valence-electron chi connectivity index (χ4n) is 1.56. The lowest BCUT2D eigenvalue weighted by atomic mass is 10.0. The van der Waals surface area contributed by atoms with E-state index in [0.29, 0.717) is 6.04 Å². The Morgan fingerprint density at radius 3 is 2.73 bits per heavy atom. The van der Waals surface area contributed by atoms with E-state index in [1.165, 1.54) is 6.42 Å². The lowest BCUT2D eigenvalue weighted by Crippen LogP contribution is -2.51. The zero-order chi connectivity index (χ0) is 8.43. The molecular weight excluding hydrogens is 142 g/mol. The van der Waals surface area contributed by atoms with Crippen LogP contribution < -0.4 is 0 Å². The van der Waals surface area contributed by atoms with Crippen molar-refractivity contribution >= 4 is 5.97 Å². The molecule has 64 valence electrons. The minimum absolute atomic E-state index is 0.205. The van der Waals surface area contributed by atoms with Gasteiger partial charge in [-0.1, -0.05) is 0 Å². The summed E-state index contributed by atoms with van der Waals surface area (Å²) in [5.41, 5.74) is 0. The maximum absolute atomic E-state index is 10.3. The van der Waals surface area contributed by atoms with Gasteiger partial charge < -0.3 is 5.11 Å². The Morgan fingerprint density at radius 2 is 2.45 bits per heavy atom. The number of rotatable bonds is 3. The van der Waals surface area contributed by atoms with Gasteiger partial charge in [0.05, 0.1) is 6.42 Å². The number of hydrogen-bond acceptors (Lipinski definition) is 2. The molecule has 3 nitrogen and oxygen atoms in total. The molecule has 0 radical (unpaired) electrons. The maximum atomic E-state index is 10.3. The van der Waals surface area contributed by atoms with Crippen LogP contribution in [0.25, 0.3) is 0 Å². The van der Waals surface area contributed by atoms with Crippen molar-refractivity contribution in [3.8, 4) is 0 Å². The van der Waals surface area contributed by atoms with Gasteiger partial charge >= 0.3 is 5.97 Å². The van der Waals surface area contributed by atoms with Gasteiger partial charge in [0.25, 0.3) is 0 Å². The minimum Gasteiger partial charge on any atom is -0.481 e. The van der Waals surface area contributed by atoms with E-state index in [9.17, 15) is 4.79 Å². The highest BCUT2D eigenvalue weighted by Crippen LogP contribution is 2.20. The van der Waals surface area contributed by atoms with Gasteiger partial charge in [-0.15, -0.1) is 0 Å². The van der Waals surface area contributed by atoms with Crippen LogP contribution in [0.15, 0.2) is 0 Å². The van der Waals surface area contributed by atoms with E-state index in [-0.39, 0.29) is 12.5 Å². The van der Waals surface area contributed by atoms with Crippen LogP contribution in [-0.2, 0) is 4.79 Å². The summed E-state index contributed by atoms with van der Waals surface area (Å²) in [6, 6.07) is 0.792. The summed E-state index contributed by atoms with van der Waals surface area (Å²) in [6.45, 7) is 5.18. The SMILES string of the molecule is CC1CCN1C(C)CC(=O)O. The lowest BCUT2D eigenvalue weighted by Gasteiger charge is -2.42. The summed E-state index contributed by atoms with van der Waals surface area (Å²) in [4.78, 5) is 12.6. The number of carboxylic acids is 1. The van der Waals surface area contributed by atoms with E-state index in [4.69, 9.17) is 5.11 Å². The first-order chi connectivity index (χ1) is 5.11. The molecule has 0 amide bonds. The number of carbonyl (C=O) groups is 1. The molecule has 0 saturated carbocycles. The Balaban J connectivity index is 2.29. The second-order valence-electron chi connectivity index (χ2n) is 3.32. The van der Waals surface area contributed by atoms with Gasteiger partial charge in [-0.3, -0.25) is 9.69 Å². The van der Waals surface area contributed by atoms with Gasteiger partial charge in [0.2, 0.25) is 0 Å². The van der Waals surface area contributed by atoms with Crippen LogP contribution in [0, 0.1) is 0 Å². The molecule has 0 aliphatic carbocycles. The van der Waals surface area contributed by atoms with Gasteiger partial charge in [0, 0.05) is 18.6 Å². The maximum Gasteiger partial charge on any atom is 0.304 e. The van der Waals surface area contributed by atoms with E-state index in [2.05, 4.69) is 11.8 Å². The highest BCUT2D eigenvalue weighted by atomic mass is 16.4. The molecule has 11 heavy (non-hydrogen) atoms. The number of nitrogens with zero attached hydrogens (tertiary/aromatic N) is 1. The normalized spacial score (nSPS) is 27.6. The Labute approximate surface area is 67.0 Å². The van der Waals surface area contributed by atoms with Gasteiger partial charge in [-0.05, 0) is 20.3 Å². The summed E-state index contributed by atoms with van der Waals surface area (Å²) in [5.74, 6) is -0.698. The summed E-state index contributed by atoms with van der Waals surface area (Å²) >= 11 is 0. The van der Waals surface area contributed by atoms with E-state index in [1.54, 1.807) is 0 Å². The van der Waals surface area contributed by atoms with Crippen LogP contribution in [0.4, 0.5) is 0 Å². The van der Waals surface area contributed by atoms with E-state index in [1.807, 2.05) is 6.92 Å². The summed E-state index contributed by atoms with van der Waals surface area (Å²) in [6.07, 6.45) is 1.48. The number of likely N-dealkylation sites (tertiary alicyclic amines) is 1. The molecule has 0 aromatic rings. The van der Waals surface area contributed by atoms with Crippen molar-refractivity contribution in [1.29, 1.82) is 0 Å². The van der Waals surface area contributed by atoms with Crippen LogP contribution >= 0.6 is 0 Å². The fraction of sp³-hybridized carbons (Fsp3) is 0.875. The standard InChI is InChI=1S/C8H15NO2/c1-6-3-4-9(6)7(2)5-8(10)11/h6-7H,3-5H2,1-2H3,(H,10,11). The van der Waals surface area contributed by atoms with Crippen LogP contribution in [0.2, 0.25) is 0 Å². The minimum atomic E-state index is -0.698. The predicted octanol–water partition coefficient (Wildman–Crippen LogP) is 0.944. The second kappa shape index (κ2) is 3.22. The number of hydrogen-bond donors (Lipinski definition) is 1. The molecule has 2 unspecified atom stereocenters. The zero-order valence-electron chi connectivity index (χ0n) is 7.08. The molecule has 1 aliphatic heterocycles. The third-order valence-corrected chi connectivity index (χ3v) is 2.41. The monoisotopic (exact) mass is 157 g/mol. The van der Waals surface area contributed by atoms with Crippen molar-refractivity contribution in [3.05, 3.63) is 0 Å². The molecule has 1 N–H and O–H groups in total. The first-order valence-electron chi connectivity index (χ1n) is 4.09. The summed E-state index contributed by atoms with van der Waals surface area (Å²) < 4.78 is 0. The Morgan fingerprint density at radius 1 is 1.82 bits per heavy atom. The van der Waals surface area contributed by atoms with Crippen LogP contribution in [0.3, 0.4) is 0 Å². The lowest BCUT2D eigenvalue weighted by molar-refractivity contribution is -0.139. The molecular formula is C8H15NO2. The van der Waals surface area contributed by atoms with Crippen molar-refractivity contribution < 1.29 is 9.90 Å². The Hall–Kier alpha value is -0.570. The van der Waals surface area contributed by atoms with Crippen molar-refractivity contribution in [1.82, 2.24) is 4.90 Å². The first-order valence-corrected chi connectivity index (χ1v) is 4.09. The molecule has 0 bridgehead atoms. The van der Waals surface area contributed by atoms with Crippen LogP contribution in [0.1, 0.15) is 26.7 Å². The average molecular weight is 157 g/mol. The molecule has 0 aromatic heterocycles. The molecule has 0 aromatic carbocycles.